The minimum absolute atomic E-state index is 0.165. The number of carbonyl (C=O) groups excluding carboxylic acids is 1. The van der Waals surface area contributed by atoms with Crippen molar-refractivity contribution in [2.24, 2.45) is 5.92 Å². The SMILES string of the molecule is CCCCC1CCC(=O)C1Cl. The van der Waals surface area contributed by atoms with Crippen LogP contribution >= 0.6 is 11.6 Å². The van der Waals surface area contributed by atoms with Gasteiger partial charge in [0.15, 0.2) is 5.78 Å². The zero-order chi connectivity index (χ0) is 8.27. The van der Waals surface area contributed by atoms with Gasteiger partial charge in [0.1, 0.15) is 0 Å². The fourth-order valence-electron chi connectivity index (χ4n) is 1.63. The fourth-order valence-corrected chi connectivity index (χ4v) is 1.99. The maximum atomic E-state index is 11.0. The van der Waals surface area contributed by atoms with Crippen LogP contribution in [0.2, 0.25) is 0 Å². The fraction of sp³-hybridized carbons (Fsp3) is 0.889. The Morgan fingerprint density at radius 1 is 1.64 bits per heavy atom. The second-order valence-electron chi connectivity index (χ2n) is 3.31. The Bertz CT molecular complexity index is 144. The van der Waals surface area contributed by atoms with Crippen molar-refractivity contribution in [3.63, 3.8) is 0 Å². The average molecular weight is 175 g/mol. The smallest absolute Gasteiger partial charge is 0.150 e. The van der Waals surface area contributed by atoms with Gasteiger partial charge in [0.2, 0.25) is 0 Å². The molecule has 0 bridgehead atoms. The van der Waals surface area contributed by atoms with Crippen LogP contribution in [0.3, 0.4) is 0 Å². The Labute approximate surface area is 73.1 Å². The van der Waals surface area contributed by atoms with Gasteiger partial charge in [-0.3, -0.25) is 4.79 Å². The van der Waals surface area contributed by atoms with Crippen LogP contribution in [0.15, 0.2) is 0 Å². The summed E-state index contributed by atoms with van der Waals surface area (Å²) in [5.41, 5.74) is 0. The van der Waals surface area contributed by atoms with Gasteiger partial charge >= 0.3 is 0 Å². The first kappa shape index (κ1) is 9.05. The van der Waals surface area contributed by atoms with E-state index >= 15 is 0 Å². The zero-order valence-corrected chi connectivity index (χ0v) is 7.73. The Hall–Kier alpha value is -0.0400. The van der Waals surface area contributed by atoms with E-state index in [0.717, 1.165) is 12.8 Å². The maximum absolute atomic E-state index is 11.0. The van der Waals surface area contributed by atoms with Crippen LogP contribution in [0.1, 0.15) is 39.0 Å². The average Bonchev–Trinajstić information content (AvgIpc) is 2.31. The third-order valence-corrected chi connectivity index (χ3v) is 3.01. The summed E-state index contributed by atoms with van der Waals surface area (Å²) < 4.78 is 0. The molecule has 0 N–H and O–H groups in total. The van der Waals surface area contributed by atoms with Crippen molar-refractivity contribution in [3.8, 4) is 0 Å². The van der Waals surface area contributed by atoms with Crippen LogP contribution in [-0.4, -0.2) is 11.2 Å². The van der Waals surface area contributed by atoms with E-state index in [9.17, 15) is 4.79 Å². The molecule has 2 heteroatoms. The number of alkyl halides is 1. The van der Waals surface area contributed by atoms with E-state index in [-0.39, 0.29) is 11.2 Å². The van der Waals surface area contributed by atoms with E-state index in [1.807, 2.05) is 0 Å². The number of hydrogen-bond donors (Lipinski definition) is 0. The summed E-state index contributed by atoms with van der Waals surface area (Å²) in [6.45, 7) is 2.17. The van der Waals surface area contributed by atoms with Crippen LogP contribution < -0.4 is 0 Å². The van der Waals surface area contributed by atoms with Crippen LogP contribution in [0.4, 0.5) is 0 Å². The molecule has 2 atom stereocenters. The number of halogens is 1. The van der Waals surface area contributed by atoms with Gasteiger partial charge in [-0.25, -0.2) is 0 Å². The second kappa shape index (κ2) is 4.10. The molecule has 0 aromatic carbocycles. The molecule has 1 fully saturated rings. The van der Waals surface area contributed by atoms with Crippen LogP contribution in [0.5, 0.6) is 0 Å². The van der Waals surface area contributed by atoms with Gasteiger partial charge in [-0.1, -0.05) is 19.8 Å². The van der Waals surface area contributed by atoms with Crippen LogP contribution in [-0.2, 0) is 4.79 Å². The number of hydrogen-bond acceptors (Lipinski definition) is 1. The lowest BCUT2D eigenvalue weighted by Gasteiger charge is -2.10. The monoisotopic (exact) mass is 174 g/mol. The van der Waals surface area contributed by atoms with Crippen LogP contribution in [0, 0.1) is 5.92 Å². The molecular weight excluding hydrogens is 160 g/mol. The Balaban J connectivity index is 2.30. The molecule has 0 aliphatic heterocycles. The Morgan fingerprint density at radius 3 is 2.82 bits per heavy atom. The molecule has 11 heavy (non-hydrogen) atoms. The first-order valence-electron chi connectivity index (χ1n) is 4.42. The molecule has 0 radical (unpaired) electrons. The van der Waals surface area contributed by atoms with E-state index in [0.29, 0.717) is 12.3 Å². The van der Waals surface area contributed by atoms with Crippen molar-refractivity contribution in [2.45, 2.75) is 44.4 Å². The minimum Gasteiger partial charge on any atom is -0.298 e. The maximum Gasteiger partial charge on any atom is 0.150 e. The van der Waals surface area contributed by atoms with Gasteiger partial charge in [-0.05, 0) is 18.8 Å². The summed E-state index contributed by atoms with van der Waals surface area (Å²) in [6.07, 6.45) is 5.28. The van der Waals surface area contributed by atoms with Crippen molar-refractivity contribution in [1.82, 2.24) is 0 Å². The predicted octanol–water partition coefficient (Wildman–Crippen LogP) is 2.76. The number of Topliss-reactive ketones (excluding diaryl/α,β-unsaturated/α-hetero) is 1. The summed E-state index contributed by atoms with van der Waals surface area (Å²) in [6, 6.07) is 0. The van der Waals surface area contributed by atoms with Gasteiger partial charge in [0.25, 0.3) is 0 Å². The highest BCUT2D eigenvalue weighted by Crippen LogP contribution is 2.31. The highest BCUT2D eigenvalue weighted by molar-refractivity contribution is 6.32. The van der Waals surface area contributed by atoms with Gasteiger partial charge in [0, 0.05) is 6.42 Å². The van der Waals surface area contributed by atoms with Crippen molar-refractivity contribution in [2.75, 3.05) is 0 Å². The molecular formula is C9H15ClO. The normalized spacial score (nSPS) is 31.3. The Kier molecular flexibility index (Phi) is 3.38. The molecule has 64 valence electrons. The Morgan fingerprint density at radius 2 is 2.36 bits per heavy atom. The van der Waals surface area contributed by atoms with Gasteiger partial charge in [-0.15, -0.1) is 11.6 Å². The third-order valence-electron chi connectivity index (χ3n) is 2.41. The topological polar surface area (TPSA) is 17.1 Å². The molecule has 0 aromatic rings. The van der Waals surface area contributed by atoms with E-state index in [2.05, 4.69) is 6.92 Å². The van der Waals surface area contributed by atoms with Gasteiger partial charge < -0.3 is 0 Å². The lowest BCUT2D eigenvalue weighted by molar-refractivity contribution is -0.117. The molecule has 0 heterocycles. The lowest BCUT2D eigenvalue weighted by Crippen LogP contribution is -2.13. The summed E-state index contributed by atoms with van der Waals surface area (Å²) in [7, 11) is 0. The van der Waals surface area contributed by atoms with E-state index in [1.165, 1.54) is 12.8 Å². The van der Waals surface area contributed by atoms with Crippen LogP contribution in [0.25, 0.3) is 0 Å². The molecule has 1 rings (SSSR count). The van der Waals surface area contributed by atoms with E-state index in [4.69, 9.17) is 11.6 Å². The molecule has 2 unspecified atom stereocenters. The van der Waals surface area contributed by atoms with E-state index < -0.39 is 0 Å². The standard InChI is InChI=1S/C9H15ClO/c1-2-3-4-7-5-6-8(11)9(7)10/h7,9H,2-6H2,1H3. The summed E-state index contributed by atoms with van der Waals surface area (Å²) in [4.78, 5) is 11.0. The van der Waals surface area contributed by atoms with Crippen molar-refractivity contribution in [3.05, 3.63) is 0 Å². The summed E-state index contributed by atoms with van der Waals surface area (Å²) in [5.74, 6) is 0.733. The molecule has 0 spiro atoms. The van der Waals surface area contributed by atoms with Crippen molar-refractivity contribution < 1.29 is 4.79 Å². The van der Waals surface area contributed by atoms with Crippen molar-refractivity contribution in [1.29, 1.82) is 0 Å². The van der Waals surface area contributed by atoms with Crippen molar-refractivity contribution >= 4 is 17.4 Å². The van der Waals surface area contributed by atoms with Gasteiger partial charge in [0.05, 0.1) is 5.38 Å². The molecule has 1 aliphatic carbocycles. The number of unbranched alkanes of at least 4 members (excludes halogenated alkanes) is 1. The summed E-state index contributed by atoms with van der Waals surface area (Å²) in [5, 5.41) is -0.165. The first-order valence-corrected chi connectivity index (χ1v) is 4.86. The number of ketones is 1. The minimum atomic E-state index is -0.165. The predicted molar refractivity (Wildman–Crippen MR) is 46.9 cm³/mol. The second-order valence-corrected chi connectivity index (χ2v) is 3.78. The quantitative estimate of drug-likeness (QED) is 0.602. The number of carbonyl (C=O) groups is 1. The molecule has 0 amide bonds. The molecule has 1 aliphatic rings. The highest BCUT2D eigenvalue weighted by Gasteiger charge is 2.31. The molecule has 1 nitrogen and oxygen atoms in total. The molecule has 0 aromatic heterocycles. The molecule has 1 saturated carbocycles. The van der Waals surface area contributed by atoms with Gasteiger partial charge in [-0.2, -0.15) is 0 Å². The third kappa shape index (κ3) is 2.19. The lowest BCUT2D eigenvalue weighted by atomic mass is 10.0. The number of rotatable bonds is 3. The van der Waals surface area contributed by atoms with E-state index in [1.54, 1.807) is 0 Å². The largest absolute Gasteiger partial charge is 0.298 e. The molecule has 0 saturated heterocycles. The highest BCUT2D eigenvalue weighted by atomic mass is 35.5. The summed E-state index contributed by atoms with van der Waals surface area (Å²) >= 11 is 5.91. The first-order chi connectivity index (χ1) is 5.25. The zero-order valence-electron chi connectivity index (χ0n) is 6.98.